The highest BCUT2D eigenvalue weighted by Crippen LogP contribution is 2.11. The van der Waals surface area contributed by atoms with E-state index in [0.717, 1.165) is 45.0 Å². The Morgan fingerprint density at radius 3 is 2.47 bits per heavy atom. The van der Waals surface area contributed by atoms with E-state index in [1.54, 1.807) is 6.20 Å². The molecule has 0 aliphatic carbocycles. The molecule has 0 aliphatic rings. The smallest absolute Gasteiger partial charge is 0.239 e. The molecule has 0 aliphatic heterocycles. The fraction of sp³-hybridized carbons (Fsp3) is 0.692. The summed E-state index contributed by atoms with van der Waals surface area (Å²) in [5.74, 6) is 6.72. The third kappa shape index (κ3) is 5.00. The van der Waals surface area contributed by atoms with E-state index in [0.29, 0.717) is 5.95 Å². The zero-order valence-corrected chi connectivity index (χ0v) is 12.3. The van der Waals surface area contributed by atoms with Crippen molar-refractivity contribution in [1.29, 1.82) is 0 Å². The summed E-state index contributed by atoms with van der Waals surface area (Å²) in [6.45, 7) is 11.8. The number of nitrogens with one attached hydrogen (secondary N) is 1. The van der Waals surface area contributed by atoms with E-state index in [4.69, 9.17) is 5.84 Å². The lowest BCUT2D eigenvalue weighted by Crippen LogP contribution is -2.30. The number of hydrogen-bond acceptors (Lipinski definition) is 6. The number of nitrogens with zero attached hydrogens (tertiary/aromatic N) is 4. The molecule has 1 rings (SSSR count). The van der Waals surface area contributed by atoms with Gasteiger partial charge < -0.3 is 9.80 Å². The Hall–Kier alpha value is -1.40. The van der Waals surface area contributed by atoms with Crippen LogP contribution in [0.4, 0.5) is 11.8 Å². The summed E-state index contributed by atoms with van der Waals surface area (Å²) in [5, 5.41) is 0. The fourth-order valence-electron chi connectivity index (χ4n) is 2.05. The standard InChI is InChI=1S/C13H26N6/c1-4-18(5-2)10-7-11-19(6-3)12-8-9-15-13(16-12)17-14/h8-9H,4-7,10-11,14H2,1-3H3,(H,15,16,17). The van der Waals surface area contributed by atoms with Crippen LogP contribution in [0.25, 0.3) is 0 Å². The van der Waals surface area contributed by atoms with E-state index in [2.05, 4.69) is 46.0 Å². The molecular weight excluding hydrogens is 240 g/mol. The summed E-state index contributed by atoms with van der Waals surface area (Å²) < 4.78 is 0. The van der Waals surface area contributed by atoms with Crippen LogP contribution in [0.2, 0.25) is 0 Å². The SMILES string of the molecule is CCN(CC)CCCN(CC)c1ccnc(NN)n1. The van der Waals surface area contributed by atoms with Crippen LogP contribution in [0.15, 0.2) is 12.3 Å². The highest BCUT2D eigenvalue weighted by molar-refractivity contribution is 5.41. The maximum absolute atomic E-state index is 5.34. The van der Waals surface area contributed by atoms with Crippen molar-refractivity contribution in [2.45, 2.75) is 27.2 Å². The third-order valence-corrected chi connectivity index (χ3v) is 3.27. The van der Waals surface area contributed by atoms with Gasteiger partial charge in [0.25, 0.3) is 0 Å². The second-order valence-corrected chi connectivity index (χ2v) is 4.34. The minimum Gasteiger partial charge on any atom is -0.357 e. The van der Waals surface area contributed by atoms with E-state index in [9.17, 15) is 0 Å². The van der Waals surface area contributed by atoms with Gasteiger partial charge in [0.15, 0.2) is 0 Å². The zero-order valence-electron chi connectivity index (χ0n) is 12.3. The van der Waals surface area contributed by atoms with Gasteiger partial charge in [-0.05, 0) is 39.0 Å². The topological polar surface area (TPSA) is 70.3 Å². The molecule has 6 heteroatoms. The lowest BCUT2D eigenvalue weighted by molar-refractivity contribution is 0.300. The molecule has 0 bridgehead atoms. The van der Waals surface area contributed by atoms with Gasteiger partial charge in [-0.25, -0.2) is 10.8 Å². The zero-order chi connectivity index (χ0) is 14.1. The van der Waals surface area contributed by atoms with E-state index in [1.165, 1.54) is 0 Å². The molecular formula is C13H26N6. The van der Waals surface area contributed by atoms with Crippen LogP contribution in [0.5, 0.6) is 0 Å². The van der Waals surface area contributed by atoms with Gasteiger partial charge in [-0.15, -0.1) is 0 Å². The van der Waals surface area contributed by atoms with Crippen LogP contribution in [-0.2, 0) is 0 Å². The molecule has 108 valence electrons. The molecule has 1 aromatic heterocycles. The normalized spacial score (nSPS) is 10.8. The van der Waals surface area contributed by atoms with Gasteiger partial charge in [0.2, 0.25) is 5.95 Å². The quantitative estimate of drug-likeness (QED) is 0.519. The minimum absolute atomic E-state index is 0.458. The van der Waals surface area contributed by atoms with Gasteiger partial charge in [-0.2, -0.15) is 4.98 Å². The molecule has 6 nitrogen and oxygen atoms in total. The Morgan fingerprint density at radius 2 is 1.89 bits per heavy atom. The third-order valence-electron chi connectivity index (χ3n) is 3.27. The van der Waals surface area contributed by atoms with Crippen molar-refractivity contribution in [3.8, 4) is 0 Å². The first-order chi connectivity index (χ1) is 9.24. The lowest BCUT2D eigenvalue weighted by Gasteiger charge is -2.24. The Bertz CT molecular complexity index is 353. The number of anilines is 2. The van der Waals surface area contributed by atoms with Crippen LogP contribution < -0.4 is 16.2 Å². The van der Waals surface area contributed by atoms with Crippen molar-refractivity contribution >= 4 is 11.8 Å². The first kappa shape index (κ1) is 15.7. The average Bonchev–Trinajstić information content (AvgIpc) is 2.47. The summed E-state index contributed by atoms with van der Waals surface area (Å²) in [6, 6.07) is 1.92. The van der Waals surface area contributed by atoms with E-state index in [1.807, 2.05) is 6.07 Å². The van der Waals surface area contributed by atoms with Crippen molar-refractivity contribution in [2.24, 2.45) is 5.84 Å². The minimum atomic E-state index is 0.458. The van der Waals surface area contributed by atoms with Gasteiger partial charge in [-0.3, -0.25) is 5.43 Å². The molecule has 1 aromatic rings. The Morgan fingerprint density at radius 1 is 1.16 bits per heavy atom. The second-order valence-electron chi connectivity index (χ2n) is 4.34. The van der Waals surface area contributed by atoms with Crippen LogP contribution in [-0.4, -0.2) is 47.6 Å². The average molecular weight is 266 g/mol. The van der Waals surface area contributed by atoms with Crippen molar-refractivity contribution < 1.29 is 0 Å². The number of nitrogens with two attached hydrogens (primary N) is 1. The molecule has 0 aromatic carbocycles. The predicted octanol–water partition coefficient (Wildman–Crippen LogP) is 1.32. The second kappa shape index (κ2) is 8.66. The first-order valence-corrected chi connectivity index (χ1v) is 7.02. The molecule has 0 saturated carbocycles. The fourth-order valence-corrected chi connectivity index (χ4v) is 2.05. The van der Waals surface area contributed by atoms with E-state index < -0.39 is 0 Å². The van der Waals surface area contributed by atoms with E-state index in [-0.39, 0.29) is 0 Å². The molecule has 3 N–H and O–H groups in total. The maximum Gasteiger partial charge on any atom is 0.239 e. The molecule has 0 radical (unpaired) electrons. The van der Waals surface area contributed by atoms with Gasteiger partial charge in [-0.1, -0.05) is 13.8 Å². The van der Waals surface area contributed by atoms with Crippen molar-refractivity contribution in [3.63, 3.8) is 0 Å². The van der Waals surface area contributed by atoms with Crippen molar-refractivity contribution in [3.05, 3.63) is 12.3 Å². The molecule has 0 amide bonds. The van der Waals surface area contributed by atoms with Crippen LogP contribution in [0, 0.1) is 0 Å². The summed E-state index contributed by atoms with van der Waals surface area (Å²) in [4.78, 5) is 13.1. The summed E-state index contributed by atoms with van der Waals surface area (Å²) in [7, 11) is 0. The summed E-state index contributed by atoms with van der Waals surface area (Å²) >= 11 is 0. The van der Waals surface area contributed by atoms with Crippen molar-refractivity contribution in [1.82, 2.24) is 14.9 Å². The molecule has 0 saturated heterocycles. The van der Waals surface area contributed by atoms with Crippen LogP contribution in [0.1, 0.15) is 27.2 Å². The predicted molar refractivity (Wildman–Crippen MR) is 80.1 cm³/mol. The van der Waals surface area contributed by atoms with Crippen molar-refractivity contribution in [2.75, 3.05) is 43.0 Å². The lowest BCUT2D eigenvalue weighted by atomic mass is 10.3. The molecule has 0 fully saturated rings. The largest absolute Gasteiger partial charge is 0.357 e. The molecule has 0 unspecified atom stereocenters. The summed E-state index contributed by atoms with van der Waals surface area (Å²) in [6.07, 6.45) is 2.86. The number of rotatable bonds is 9. The van der Waals surface area contributed by atoms with E-state index >= 15 is 0 Å². The van der Waals surface area contributed by atoms with Crippen LogP contribution in [0.3, 0.4) is 0 Å². The van der Waals surface area contributed by atoms with Gasteiger partial charge >= 0.3 is 0 Å². The number of aromatic nitrogens is 2. The highest BCUT2D eigenvalue weighted by atomic mass is 15.3. The maximum atomic E-state index is 5.34. The molecule has 0 spiro atoms. The number of hydrogen-bond donors (Lipinski definition) is 2. The molecule has 19 heavy (non-hydrogen) atoms. The number of nitrogen functional groups attached to an aromatic ring is 1. The Labute approximate surface area is 116 Å². The van der Waals surface area contributed by atoms with Gasteiger partial charge in [0, 0.05) is 19.3 Å². The Kier molecular flexibility index (Phi) is 7.14. The molecule has 0 atom stereocenters. The number of hydrazine groups is 1. The van der Waals surface area contributed by atoms with Gasteiger partial charge in [0.1, 0.15) is 5.82 Å². The monoisotopic (exact) mass is 266 g/mol. The van der Waals surface area contributed by atoms with Crippen LogP contribution >= 0.6 is 0 Å². The molecule has 1 heterocycles. The Balaban J connectivity index is 2.52. The van der Waals surface area contributed by atoms with Gasteiger partial charge in [0.05, 0.1) is 0 Å². The summed E-state index contributed by atoms with van der Waals surface area (Å²) in [5.41, 5.74) is 2.48. The highest BCUT2D eigenvalue weighted by Gasteiger charge is 2.07. The first-order valence-electron chi connectivity index (χ1n) is 7.02.